The van der Waals surface area contributed by atoms with Crippen molar-refractivity contribution in [2.24, 2.45) is 4.99 Å². The molecule has 0 saturated carbocycles. The van der Waals surface area contributed by atoms with Crippen LogP contribution in [0, 0.1) is 13.2 Å². The van der Waals surface area contributed by atoms with Crippen molar-refractivity contribution in [2.45, 2.75) is 0 Å². The highest BCUT2D eigenvalue weighted by Gasteiger charge is 1.97. The summed E-state index contributed by atoms with van der Waals surface area (Å²) in [6.07, 6.45) is 0. The summed E-state index contributed by atoms with van der Waals surface area (Å²) in [7, 11) is 0. The van der Waals surface area contributed by atoms with Crippen LogP contribution in [-0.2, 0) is 0 Å². The molecule has 0 radical (unpaired) electrons. The van der Waals surface area contributed by atoms with E-state index in [1.54, 1.807) is 6.54 Å². The maximum atomic E-state index is 11.6. The lowest BCUT2D eigenvalue weighted by Gasteiger charge is -2.03. The zero-order chi connectivity index (χ0) is 5.98. The van der Waals surface area contributed by atoms with Crippen LogP contribution in [-0.4, -0.2) is 23.7 Å². The van der Waals surface area contributed by atoms with Gasteiger partial charge in [-0.15, -0.1) is 13.3 Å². The van der Waals surface area contributed by atoms with Crippen LogP contribution < -0.4 is 0 Å². The average Bonchev–Trinajstić information content (AvgIpc) is 2.14. The van der Waals surface area contributed by atoms with E-state index in [1.807, 2.05) is 0 Å². The summed E-state index contributed by atoms with van der Waals surface area (Å²) in [5.41, 5.74) is 0.431. The van der Waals surface area contributed by atoms with Crippen LogP contribution in [0.15, 0.2) is 4.99 Å². The first-order valence-corrected chi connectivity index (χ1v) is 2.22. The number of rotatable bonds is 1. The molecule has 0 saturated heterocycles. The van der Waals surface area contributed by atoms with Gasteiger partial charge in [-0.1, -0.05) is 0 Å². The van der Waals surface area contributed by atoms with Crippen molar-refractivity contribution in [3.05, 3.63) is 13.2 Å². The fourth-order valence-corrected chi connectivity index (χ4v) is 0.475. The molecule has 0 aromatic carbocycles. The van der Waals surface area contributed by atoms with Gasteiger partial charge >= 0.3 is 0 Å². The summed E-state index contributed by atoms with van der Waals surface area (Å²) in [5.74, 6) is 0. The van der Waals surface area contributed by atoms with Gasteiger partial charge in [0.25, 0.3) is 0 Å². The maximum Gasteiger partial charge on any atom is 0.105 e. The number of hydrogen-bond donors (Lipinski definition) is 0. The summed E-state index contributed by atoms with van der Waals surface area (Å²) < 4.78 is 13.1. The lowest BCUT2D eigenvalue weighted by Crippen LogP contribution is -2.02. The maximum absolute atomic E-state index is 11.6. The minimum atomic E-state index is -0.511. The van der Waals surface area contributed by atoms with Gasteiger partial charge in [0, 0.05) is 0 Å². The summed E-state index contributed by atoms with van der Waals surface area (Å²) in [5, 5.41) is 0. The zero-order valence-corrected chi connectivity index (χ0v) is 4.34. The molecule has 1 aliphatic heterocycles. The number of nitrogens with zero attached hydrogens (tertiary/aromatic N) is 2. The molecule has 0 unspecified atom stereocenters. The molecule has 0 fully saturated rings. The molecule has 0 N–H and O–H groups in total. The molecule has 1 heterocycles. The molecule has 0 aliphatic carbocycles. The van der Waals surface area contributed by atoms with E-state index in [4.69, 9.17) is 0 Å². The first-order chi connectivity index (χ1) is 3.83. The lowest BCUT2D eigenvalue weighted by molar-refractivity contribution is -0.416. The Bertz CT molecular complexity index is 139. The quantitative estimate of drug-likeness (QED) is 0.345. The van der Waals surface area contributed by atoms with E-state index in [2.05, 4.69) is 11.7 Å². The molecule has 0 spiro atoms. The third-order valence-electron chi connectivity index (χ3n) is 0.824. The van der Waals surface area contributed by atoms with E-state index in [1.165, 1.54) is 11.2 Å². The minimum absolute atomic E-state index is 0.431. The molecule has 2 nitrogen and oxygen atoms in total. The topological polar surface area (TPSA) is 15.4 Å². The monoisotopic (exact) mass is 113 g/mol. The highest BCUT2D eigenvalue weighted by Crippen LogP contribution is 2.01. The Kier molecular flexibility index (Phi) is 1.20. The van der Waals surface area contributed by atoms with Gasteiger partial charge in [-0.05, 0) is 5.71 Å². The Labute approximate surface area is 47.4 Å². The third kappa shape index (κ3) is 0.804. The van der Waals surface area contributed by atoms with Crippen molar-refractivity contribution in [1.82, 2.24) is 0 Å². The largest absolute Gasteiger partial charge is 0.466 e. The summed E-state index contributed by atoms with van der Waals surface area (Å²) >= 11 is 0. The second kappa shape index (κ2) is 1.86. The van der Waals surface area contributed by atoms with Gasteiger partial charge in [0.05, 0.1) is 6.67 Å². The summed E-state index contributed by atoms with van der Waals surface area (Å²) in [6.45, 7) is 5.97. The van der Waals surface area contributed by atoms with Crippen LogP contribution in [0.1, 0.15) is 0 Å². The van der Waals surface area contributed by atoms with Crippen molar-refractivity contribution >= 4 is 12.4 Å². The molecule has 0 aromatic heterocycles. The molecule has 44 valence electrons. The second-order valence-corrected chi connectivity index (χ2v) is 1.51. The smallest absolute Gasteiger partial charge is 0.105 e. The van der Waals surface area contributed by atoms with E-state index in [0.717, 1.165) is 0 Å². The molecular weight excluding hydrogens is 107 g/mol. The van der Waals surface area contributed by atoms with Gasteiger partial charge in [0.15, 0.2) is 0 Å². The average molecular weight is 113 g/mol. The lowest BCUT2D eigenvalue weighted by atomic mass is 10.4. The Hall–Kier alpha value is -0.990. The first kappa shape index (κ1) is 5.15. The molecule has 0 bridgehead atoms. The highest BCUT2D eigenvalue weighted by atomic mass is 19.1. The zero-order valence-electron chi connectivity index (χ0n) is 4.34. The minimum Gasteiger partial charge on any atom is -0.466 e. The van der Waals surface area contributed by atoms with Crippen molar-refractivity contribution < 1.29 is 8.97 Å². The number of alkyl halides is 1. The Morgan fingerprint density at radius 2 is 2.62 bits per heavy atom. The standard InChI is InChI=1S/C5H6FN2/c1-8-3-5(2-6)7-4-8/h3-4H,1-2H2/q-1. The van der Waals surface area contributed by atoms with Gasteiger partial charge < -0.3 is 4.58 Å². The van der Waals surface area contributed by atoms with Crippen LogP contribution in [0.5, 0.6) is 0 Å². The van der Waals surface area contributed by atoms with E-state index in [9.17, 15) is 4.39 Å². The first-order valence-electron chi connectivity index (χ1n) is 2.22. The second-order valence-electron chi connectivity index (χ2n) is 1.51. The fraction of sp³-hybridized carbons (Fsp3) is 0.200. The number of aliphatic imine (C=N–C) groups is 1. The SMILES string of the molecule is C=[N+]1[CH-]N=C(CF)[CH-]1. The molecule has 0 atom stereocenters. The molecule has 0 amide bonds. The van der Waals surface area contributed by atoms with Crippen LogP contribution in [0.2, 0.25) is 0 Å². The van der Waals surface area contributed by atoms with Crippen molar-refractivity contribution in [3.8, 4) is 0 Å². The van der Waals surface area contributed by atoms with Gasteiger partial charge in [-0.3, -0.25) is 9.38 Å². The van der Waals surface area contributed by atoms with Crippen LogP contribution in [0.4, 0.5) is 4.39 Å². The number of halogens is 1. The van der Waals surface area contributed by atoms with E-state index in [-0.39, 0.29) is 0 Å². The van der Waals surface area contributed by atoms with Crippen LogP contribution in [0.3, 0.4) is 0 Å². The van der Waals surface area contributed by atoms with Gasteiger partial charge in [-0.2, -0.15) is 0 Å². The molecular formula is C5H6FN2-. The molecule has 0 aromatic rings. The molecule has 1 rings (SSSR count). The Morgan fingerprint density at radius 3 is 2.88 bits per heavy atom. The summed E-state index contributed by atoms with van der Waals surface area (Å²) in [6, 6.07) is 0. The van der Waals surface area contributed by atoms with Gasteiger partial charge in [-0.25, -0.2) is 0 Å². The van der Waals surface area contributed by atoms with E-state index >= 15 is 0 Å². The highest BCUT2D eigenvalue weighted by molar-refractivity contribution is 5.93. The van der Waals surface area contributed by atoms with Crippen LogP contribution >= 0.6 is 0 Å². The molecule has 3 heteroatoms. The van der Waals surface area contributed by atoms with Gasteiger partial charge in [0.1, 0.15) is 6.67 Å². The molecule has 1 aliphatic rings. The van der Waals surface area contributed by atoms with Gasteiger partial charge in [0.2, 0.25) is 0 Å². The summed E-state index contributed by atoms with van der Waals surface area (Å²) in [4.78, 5) is 3.66. The molecule has 8 heavy (non-hydrogen) atoms. The van der Waals surface area contributed by atoms with Crippen molar-refractivity contribution in [3.63, 3.8) is 0 Å². The predicted octanol–water partition coefficient (Wildman–Crippen LogP) is 0.405. The third-order valence-corrected chi connectivity index (χ3v) is 0.824. The number of hydrogen-bond acceptors (Lipinski definition) is 1. The van der Waals surface area contributed by atoms with Crippen LogP contribution in [0.25, 0.3) is 0 Å². The Balaban J connectivity index is 2.49. The van der Waals surface area contributed by atoms with E-state index in [0.29, 0.717) is 5.71 Å². The normalized spacial score (nSPS) is 17.1. The fourth-order valence-electron chi connectivity index (χ4n) is 0.475. The predicted molar refractivity (Wildman–Crippen MR) is 29.4 cm³/mol. The Morgan fingerprint density at radius 1 is 1.88 bits per heavy atom. The van der Waals surface area contributed by atoms with Crippen molar-refractivity contribution in [1.29, 1.82) is 0 Å². The van der Waals surface area contributed by atoms with Crippen molar-refractivity contribution in [2.75, 3.05) is 6.67 Å². The van der Waals surface area contributed by atoms with E-state index < -0.39 is 6.67 Å².